The van der Waals surface area contributed by atoms with Gasteiger partial charge in [-0.2, -0.15) is 0 Å². The van der Waals surface area contributed by atoms with Crippen molar-refractivity contribution >= 4 is 21.6 Å². The van der Waals surface area contributed by atoms with Crippen molar-refractivity contribution in [3.8, 4) is 0 Å². The second-order valence-electron chi connectivity index (χ2n) is 4.40. The van der Waals surface area contributed by atoms with Crippen LogP contribution in [0.5, 0.6) is 0 Å². The fourth-order valence-electron chi connectivity index (χ4n) is 1.73. The molecule has 0 fully saturated rings. The Balaban J connectivity index is 2.11. The van der Waals surface area contributed by atoms with Crippen LogP contribution in [0.2, 0.25) is 0 Å². The van der Waals surface area contributed by atoms with E-state index < -0.39 is 0 Å². The Labute approximate surface area is 115 Å². The van der Waals surface area contributed by atoms with E-state index in [1.165, 1.54) is 5.56 Å². The topological polar surface area (TPSA) is 12.0 Å². The molecule has 1 N–H and O–H groups in total. The van der Waals surface area contributed by atoms with Gasteiger partial charge in [0.15, 0.2) is 0 Å². The van der Waals surface area contributed by atoms with Crippen LogP contribution in [-0.4, -0.2) is 0 Å². The van der Waals surface area contributed by atoms with E-state index in [1.807, 2.05) is 31.2 Å². The van der Waals surface area contributed by atoms with E-state index in [1.54, 1.807) is 19.1 Å². The van der Waals surface area contributed by atoms with Crippen LogP contribution in [0.4, 0.5) is 10.1 Å². The second kappa shape index (κ2) is 5.53. The molecule has 0 unspecified atom stereocenters. The van der Waals surface area contributed by atoms with Gasteiger partial charge in [-0.1, -0.05) is 34.1 Å². The van der Waals surface area contributed by atoms with Gasteiger partial charge in [0.25, 0.3) is 0 Å². The van der Waals surface area contributed by atoms with Crippen molar-refractivity contribution in [1.82, 2.24) is 0 Å². The zero-order valence-electron chi connectivity index (χ0n) is 10.4. The normalized spacial score (nSPS) is 10.4. The van der Waals surface area contributed by atoms with E-state index in [0.717, 1.165) is 15.7 Å². The van der Waals surface area contributed by atoms with Crippen molar-refractivity contribution in [3.05, 3.63) is 63.4 Å². The monoisotopic (exact) mass is 307 g/mol. The molecular formula is C15H15BrFN. The predicted octanol–water partition coefficient (Wildman–Crippen LogP) is 4.82. The van der Waals surface area contributed by atoms with Crippen LogP contribution < -0.4 is 5.32 Å². The minimum absolute atomic E-state index is 0.153. The van der Waals surface area contributed by atoms with Crippen molar-refractivity contribution in [1.29, 1.82) is 0 Å². The minimum atomic E-state index is -0.153. The third kappa shape index (κ3) is 3.10. The molecule has 0 spiro atoms. The lowest BCUT2D eigenvalue weighted by atomic mass is 10.1. The van der Waals surface area contributed by atoms with E-state index in [4.69, 9.17) is 0 Å². The first-order valence-corrected chi connectivity index (χ1v) is 6.60. The van der Waals surface area contributed by atoms with Gasteiger partial charge in [-0.15, -0.1) is 0 Å². The van der Waals surface area contributed by atoms with Gasteiger partial charge < -0.3 is 5.32 Å². The maximum Gasteiger partial charge on any atom is 0.126 e. The first kappa shape index (κ1) is 13.1. The number of benzene rings is 2. The van der Waals surface area contributed by atoms with Crippen LogP contribution in [-0.2, 0) is 6.54 Å². The lowest BCUT2D eigenvalue weighted by Gasteiger charge is -2.10. The highest BCUT2D eigenvalue weighted by Gasteiger charge is 2.02. The fourth-order valence-corrected chi connectivity index (χ4v) is 2.09. The van der Waals surface area contributed by atoms with E-state index >= 15 is 0 Å². The number of halogens is 2. The van der Waals surface area contributed by atoms with Gasteiger partial charge in [-0.25, -0.2) is 4.39 Å². The summed E-state index contributed by atoms with van der Waals surface area (Å²) >= 11 is 3.44. The molecule has 0 aliphatic heterocycles. The van der Waals surface area contributed by atoms with Crippen LogP contribution in [0.3, 0.4) is 0 Å². The van der Waals surface area contributed by atoms with Crippen molar-refractivity contribution in [3.63, 3.8) is 0 Å². The van der Waals surface area contributed by atoms with Crippen molar-refractivity contribution in [2.75, 3.05) is 5.32 Å². The Bertz CT molecular complexity index is 566. The molecule has 2 rings (SSSR count). The number of nitrogens with one attached hydrogen (secondary N) is 1. The van der Waals surface area contributed by atoms with E-state index in [9.17, 15) is 4.39 Å². The molecule has 18 heavy (non-hydrogen) atoms. The SMILES string of the molecule is Cc1ccc(CNc2cc(Br)ccc2C)cc1F. The van der Waals surface area contributed by atoms with Crippen molar-refractivity contribution < 1.29 is 4.39 Å². The molecule has 2 aromatic rings. The standard InChI is InChI=1S/C15H15BrFN/c1-10-3-5-12(7-14(10)17)9-18-15-8-13(16)6-4-11(15)2/h3-8,18H,9H2,1-2H3. The Morgan fingerprint density at radius 1 is 1.06 bits per heavy atom. The third-order valence-corrected chi connectivity index (χ3v) is 3.41. The Hall–Kier alpha value is -1.35. The highest BCUT2D eigenvalue weighted by atomic mass is 79.9. The lowest BCUT2D eigenvalue weighted by Crippen LogP contribution is -2.01. The summed E-state index contributed by atoms with van der Waals surface area (Å²) in [5, 5.41) is 3.32. The van der Waals surface area contributed by atoms with Gasteiger partial charge in [-0.3, -0.25) is 0 Å². The molecule has 0 radical (unpaired) electrons. The largest absolute Gasteiger partial charge is 0.381 e. The molecule has 0 aliphatic carbocycles. The van der Waals surface area contributed by atoms with Gasteiger partial charge in [0.05, 0.1) is 0 Å². The molecule has 0 bridgehead atoms. The molecule has 94 valence electrons. The second-order valence-corrected chi connectivity index (χ2v) is 5.31. The van der Waals surface area contributed by atoms with E-state index in [0.29, 0.717) is 12.1 Å². The number of rotatable bonds is 3. The third-order valence-electron chi connectivity index (χ3n) is 2.92. The number of hydrogen-bond acceptors (Lipinski definition) is 1. The predicted molar refractivity (Wildman–Crippen MR) is 77.3 cm³/mol. The van der Waals surface area contributed by atoms with Gasteiger partial charge in [0.1, 0.15) is 5.82 Å². The summed E-state index contributed by atoms with van der Waals surface area (Å²) in [6, 6.07) is 11.4. The van der Waals surface area contributed by atoms with Crippen LogP contribution in [0.1, 0.15) is 16.7 Å². The van der Waals surface area contributed by atoms with Gasteiger partial charge in [-0.05, 0) is 48.7 Å². The average Bonchev–Trinajstić information content (AvgIpc) is 2.34. The molecule has 2 aromatic carbocycles. The van der Waals surface area contributed by atoms with Crippen molar-refractivity contribution in [2.45, 2.75) is 20.4 Å². The quantitative estimate of drug-likeness (QED) is 0.857. The Morgan fingerprint density at radius 2 is 1.78 bits per heavy atom. The molecule has 0 amide bonds. The molecule has 0 aromatic heterocycles. The first-order chi connectivity index (χ1) is 8.56. The number of aryl methyl sites for hydroxylation is 2. The maximum atomic E-state index is 13.4. The van der Waals surface area contributed by atoms with Crippen LogP contribution in [0, 0.1) is 19.7 Å². The van der Waals surface area contributed by atoms with E-state index in [2.05, 4.69) is 21.2 Å². The Kier molecular flexibility index (Phi) is 4.02. The summed E-state index contributed by atoms with van der Waals surface area (Å²) in [6.45, 7) is 4.43. The summed E-state index contributed by atoms with van der Waals surface area (Å²) in [5.41, 5.74) is 3.85. The van der Waals surface area contributed by atoms with Crippen LogP contribution >= 0.6 is 15.9 Å². The molecule has 0 heterocycles. The van der Waals surface area contributed by atoms with E-state index in [-0.39, 0.29) is 5.82 Å². The molecule has 0 aliphatic rings. The fraction of sp³-hybridized carbons (Fsp3) is 0.200. The average molecular weight is 308 g/mol. The molecule has 0 atom stereocenters. The summed E-state index contributed by atoms with van der Waals surface area (Å²) in [6.07, 6.45) is 0. The van der Waals surface area contributed by atoms with Gasteiger partial charge >= 0.3 is 0 Å². The lowest BCUT2D eigenvalue weighted by molar-refractivity contribution is 0.616. The minimum Gasteiger partial charge on any atom is -0.381 e. The van der Waals surface area contributed by atoms with Crippen LogP contribution in [0.15, 0.2) is 40.9 Å². The zero-order chi connectivity index (χ0) is 13.1. The number of anilines is 1. The summed E-state index contributed by atoms with van der Waals surface area (Å²) in [7, 11) is 0. The summed E-state index contributed by atoms with van der Waals surface area (Å²) < 4.78 is 14.4. The smallest absolute Gasteiger partial charge is 0.126 e. The highest BCUT2D eigenvalue weighted by Crippen LogP contribution is 2.21. The van der Waals surface area contributed by atoms with Gasteiger partial charge in [0, 0.05) is 16.7 Å². The highest BCUT2D eigenvalue weighted by molar-refractivity contribution is 9.10. The van der Waals surface area contributed by atoms with Gasteiger partial charge in [0.2, 0.25) is 0 Å². The molecule has 3 heteroatoms. The first-order valence-electron chi connectivity index (χ1n) is 5.81. The Morgan fingerprint density at radius 3 is 2.50 bits per heavy atom. The number of hydrogen-bond donors (Lipinski definition) is 1. The summed E-state index contributed by atoms with van der Waals surface area (Å²) in [5.74, 6) is -0.153. The van der Waals surface area contributed by atoms with Crippen molar-refractivity contribution in [2.24, 2.45) is 0 Å². The van der Waals surface area contributed by atoms with Crippen LogP contribution in [0.25, 0.3) is 0 Å². The zero-order valence-corrected chi connectivity index (χ0v) is 12.0. The maximum absolute atomic E-state index is 13.4. The molecular weight excluding hydrogens is 293 g/mol. The molecule has 0 saturated carbocycles. The summed E-state index contributed by atoms with van der Waals surface area (Å²) in [4.78, 5) is 0. The molecule has 1 nitrogen and oxygen atoms in total. The molecule has 0 saturated heterocycles.